The molecule has 0 radical (unpaired) electrons. The zero-order valence-electron chi connectivity index (χ0n) is 11.4. The van der Waals surface area contributed by atoms with E-state index < -0.39 is 0 Å². The third kappa shape index (κ3) is 3.92. The molecule has 0 fully saturated rings. The molecule has 0 amide bonds. The second-order valence-electron chi connectivity index (χ2n) is 4.88. The Balaban J connectivity index is 2.15. The molecule has 1 atom stereocenters. The lowest BCUT2D eigenvalue weighted by molar-refractivity contribution is 0.620. The van der Waals surface area contributed by atoms with Gasteiger partial charge < -0.3 is 0 Å². The van der Waals surface area contributed by atoms with Crippen LogP contribution in [0.1, 0.15) is 41.3 Å². The van der Waals surface area contributed by atoms with Crippen LogP contribution in [0.4, 0.5) is 4.39 Å². The molecule has 2 aromatic carbocycles. The minimum atomic E-state index is -0.233. The number of unbranched alkanes of at least 4 members (excludes halogenated alkanes) is 1. The van der Waals surface area contributed by atoms with E-state index in [0.717, 1.165) is 12.0 Å². The fourth-order valence-electron chi connectivity index (χ4n) is 2.10. The number of aryl methyl sites for hydroxylation is 1. The highest BCUT2D eigenvalue weighted by molar-refractivity contribution is 9.10. The Morgan fingerprint density at radius 1 is 1.05 bits per heavy atom. The lowest BCUT2D eigenvalue weighted by atomic mass is 10.0. The van der Waals surface area contributed by atoms with Crippen LogP contribution in [0.25, 0.3) is 0 Å². The molecular weight excluding hydrogens is 383 g/mol. The summed E-state index contributed by atoms with van der Waals surface area (Å²) in [5, 5.41) is 0. The van der Waals surface area contributed by atoms with Gasteiger partial charge in [-0.2, -0.15) is 0 Å². The first kappa shape index (κ1) is 15.7. The van der Waals surface area contributed by atoms with Crippen molar-refractivity contribution in [2.24, 2.45) is 0 Å². The Kier molecular flexibility index (Phi) is 5.79. The zero-order chi connectivity index (χ0) is 14.5. The highest BCUT2D eigenvalue weighted by Gasteiger charge is 2.12. The maximum absolute atomic E-state index is 13.3. The second-order valence-corrected chi connectivity index (χ2v) is 6.65. The summed E-state index contributed by atoms with van der Waals surface area (Å²) in [7, 11) is 0. The van der Waals surface area contributed by atoms with Crippen molar-refractivity contribution in [3.63, 3.8) is 0 Å². The molecule has 2 aromatic rings. The van der Waals surface area contributed by atoms with Crippen LogP contribution in [0.5, 0.6) is 0 Å². The molecule has 106 valence electrons. The summed E-state index contributed by atoms with van der Waals surface area (Å²) < 4.78 is 13.8. The van der Waals surface area contributed by atoms with Crippen molar-refractivity contribution in [1.82, 2.24) is 0 Å². The van der Waals surface area contributed by atoms with Crippen LogP contribution in [0, 0.1) is 5.82 Å². The summed E-state index contributed by atoms with van der Waals surface area (Å²) in [4.78, 5) is 0.0830. The average molecular weight is 400 g/mol. The molecular formula is C17H17Br2F. The van der Waals surface area contributed by atoms with Gasteiger partial charge in [-0.3, -0.25) is 0 Å². The maximum Gasteiger partial charge on any atom is 0.137 e. The molecule has 3 heteroatoms. The fourth-order valence-corrected chi connectivity index (χ4v) is 3.08. The summed E-state index contributed by atoms with van der Waals surface area (Å²) in [6.07, 6.45) is 3.57. The molecule has 0 saturated carbocycles. The van der Waals surface area contributed by atoms with Gasteiger partial charge in [0, 0.05) is 0 Å². The number of rotatable bonds is 5. The summed E-state index contributed by atoms with van der Waals surface area (Å²) in [5.41, 5.74) is 3.60. The first-order valence-corrected chi connectivity index (χ1v) is 8.50. The standard InChI is InChI=1S/C17H17Br2F/c1-2-3-4-12-5-7-13(8-6-12)17(19)14-9-10-16(20)15(18)11-14/h5-11,17H,2-4H2,1H3. The first-order chi connectivity index (χ1) is 9.61. The van der Waals surface area contributed by atoms with Gasteiger partial charge in [0.05, 0.1) is 9.30 Å². The lowest BCUT2D eigenvalue weighted by Crippen LogP contribution is -1.94. The van der Waals surface area contributed by atoms with Crippen molar-refractivity contribution in [2.75, 3.05) is 0 Å². The maximum atomic E-state index is 13.3. The monoisotopic (exact) mass is 398 g/mol. The smallest absolute Gasteiger partial charge is 0.137 e. The van der Waals surface area contributed by atoms with Gasteiger partial charge in [-0.05, 0) is 57.6 Å². The van der Waals surface area contributed by atoms with Crippen LogP contribution < -0.4 is 0 Å². The van der Waals surface area contributed by atoms with Crippen molar-refractivity contribution in [3.05, 3.63) is 69.4 Å². The van der Waals surface area contributed by atoms with Crippen LogP contribution in [0.15, 0.2) is 46.9 Å². The topological polar surface area (TPSA) is 0 Å². The van der Waals surface area contributed by atoms with E-state index in [2.05, 4.69) is 63.0 Å². The van der Waals surface area contributed by atoms with Crippen LogP contribution >= 0.6 is 31.9 Å². The SMILES string of the molecule is CCCCc1ccc(C(Br)c2ccc(F)c(Br)c2)cc1. The number of hydrogen-bond acceptors (Lipinski definition) is 0. The van der Waals surface area contributed by atoms with E-state index in [1.54, 1.807) is 0 Å². The molecule has 0 saturated heterocycles. The van der Waals surface area contributed by atoms with E-state index in [1.165, 1.54) is 30.0 Å². The van der Waals surface area contributed by atoms with Gasteiger partial charge in [0.1, 0.15) is 5.82 Å². The number of hydrogen-bond donors (Lipinski definition) is 0. The van der Waals surface area contributed by atoms with Gasteiger partial charge in [-0.1, -0.05) is 59.6 Å². The summed E-state index contributed by atoms with van der Waals surface area (Å²) in [6, 6.07) is 13.8. The minimum Gasteiger partial charge on any atom is -0.206 e. The Bertz CT molecular complexity index is 564. The van der Waals surface area contributed by atoms with Gasteiger partial charge in [-0.25, -0.2) is 4.39 Å². The highest BCUT2D eigenvalue weighted by atomic mass is 79.9. The molecule has 0 aliphatic rings. The second kappa shape index (κ2) is 7.37. The number of halogens is 3. The zero-order valence-corrected chi connectivity index (χ0v) is 14.5. The summed E-state index contributed by atoms with van der Waals surface area (Å²) >= 11 is 6.92. The van der Waals surface area contributed by atoms with Crippen molar-refractivity contribution >= 4 is 31.9 Å². The van der Waals surface area contributed by atoms with Crippen LogP contribution in [0.2, 0.25) is 0 Å². The van der Waals surface area contributed by atoms with Crippen molar-refractivity contribution in [3.8, 4) is 0 Å². The summed E-state index contributed by atoms with van der Waals surface area (Å²) in [6.45, 7) is 2.20. The molecule has 1 unspecified atom stereocenters. The van der Waals surface area contributed by atoms with E-state index in [1.807, 2.05) is 12.1 Å². The van der Waals surface area contributed by atoms with Crippen molar-refractivity contribution in [1.29, 1.82) is 0 Å². The van der Waals surface area contributed by atoms with Gasteiger partial charge >= 0.3 is 0 Å². The molecule has 0 spiro atoms. The molecule has 0 heterocycles. The van der Waals surface area contributed by atoms with Gasteiger partial charge in [0.2, 0.25) is 0 Å². The van der Waals surface area contributed by atoms with Crippen LogP contribution in [-0.2, 0) is 6.42 Å². The fraction of sp³-hybridized carbons (Fsp3) is 0.294. The number of alkyl halides is 1. The molecule has 0 aromatic heterocycles. The minimum absolute atomic E-state index is 0.0830. The third-order valence-electron chi connectivity index (χ3n) is 3.33. The average Bonchev–Trinajstić information content (AvgIpc) is 2.48. The summed E-state index contributed by atoms with van der Waals surface area (Å²) in [5.74, 6) is -0.233. The largest absolute Gasteiger partial charge is 0.206 e. The van der Waals surface area contributed by atoms with E-state index in [0.29, 0.717) is 4.47 Å². The van der Waals surface area contributed by atoms with Crippen molar-refractivity contribution in [2.45, 2.75) is 31.0 Å². The molecule has 0 aliphatic carbocycles. The molecule has 20 heavy (non-hydrogen) atoms. The molecule has 0 bridgehead atoms. The number of benzene rings is 2. The lowest BCUT2D eigenvalue weighted by Gasteiger charge is -2.12. The van der Waals surface area contributed by atoms with Gasteiger partial charge in [-0.15, -0.1) is 0 Å². The van der Waals surface area contributed by atoms with E-state index in [4.69, 9.17) is 0 Å². The normalized spacial score (nSPS) is 12.4. The predicted octanol–water partition coefficient (Wildman–Crippen LogP) is 6.42. The van der Waals surface area contributed by atoms with Gasteiger partial charge in [0.15, 0.2) is 0 Å². The molecule has 0 aliphatic heterocycles. The van der Waals surface area contributed by atoms with E-state index in [-0.39, 0.29) is 10.6 Å². The first-order valence-electron chi connectivity index (χ1n) is 6.79. The molecule has 0 nitrogen and oxygen atoms in total. The predicted molar refractivity (Wildman–Crippen MR) is 89.9 cm³/mol. The van der Waals surface area contributed by atoms with Crippen molar-refractivity contribution < 1.29 is 4.39 Å². The molecule has 0 N–H and O–H groups in total. The van der Waals surface area contributed by atoms with E-state index >= 15 is 0 Å². The van der Waals surface area contributed by atoms with E-state index in [9.17, 15) is 4.39 Å². The Hall–Kier alpha value is -0.670. The Morgan fingerprint density at radius 3 is 2.30 bits per heavy atom. The highest BCUT2D eigenvalue weighted by Crippen LogP contribution is 2.33. The quantitative estimate of drug-likeness (QED) is 0.509. The molecule has 2 rings (SSSR count). The van der Waals surface area contributed by atoms with Gasteiger partial charge in [0.25, 0.3) is 0 Å². The Morgan fingerprint density at radius 2 is 1.70 bits per heavy atom. The Labute approximate surface area is 136 Å². The van der Waals surface area contributed by atoms with Crippen LogP contribution in [0.3, 0.4) is 0 Å². The third-order valence-corrected chi connectivity index (χ3v) is 4.99. The van der Waals surface area contributed by atoms with Crippen LogP contribution in [-0.4, -0.2) is 0 Å².